The van der Waals surface area contributed by atoms with Crippen LogP contribution in [0.25, 0.3) is 0 Å². The Balaban J connectivity index is 2.34. The van der Waals surface area contributed by atoms with Crippen molar-refractivity contribution in [2.45, 2.75) is 38.1 Å². The van der Waals surface area contributed by atoms with E-state index < -0.39 is 0 Å². The van der Waals surface area contributed by atoms with Gasteiger partial charge in [0.25, 0.3) is 0 Å². The van der Waals surface area contributed by atoms with Crippen LogP contribution in [-0.4, -0.2) is 16.3 Å². The normalized spacial score (nSPS) is 20.2. The number of hydrogen-bond donors (Lipinski definition) is 4. The van der Waals surface area contributed by atoms with E-state index in [1.807, 2.05) is 18.2 Å². The van der Waals surface area contributed by atoms with Gasteiger partial charge in [-0.1, -0.05) is 31.1 Å². The van der Waals surface area contributed by atoms with E-state index in [4.69, 9.17) is 11.5 Å². The summed E-state index contributed by atoms with van der Waals surface area (Å²) in [4.78, 5) is 0. The van der Waals surface area contributed by atoms with Gasteiger partial charge >= 0.3 is 0 Å². The summed E-state index contributed by atoms with van der Waals surface area (Å²) in [7, 11) is 0. The van der Waals surface area contributed by atoms with E-state index in [-0.39, 0.29) is 23.5 Å². The predicted molar refractivity (Wildman–Crippen MR) is 81.6 cm³/mol. The number of phenolic OH excluding ortho intramolecular Hbond substituents is 1. The molecule has 108 valence electrons. The average molecular weight is 274 g/mol. The van der Waals surface area contributed by atoms with Crippen molar-refractivity contribution in [3.63, 3.8) is 0 Å². The first-order valence-corrected chi connectivity index (χ1v) is 6.96. The second kappa shape index (κ2) is 6.01. The highest BCUT2D eigenvalue weighted by Crippen LogP contribution is 2.36. The molecular weight excluding hydrogens is 252 g/mol. The van der Waals surface area contributed by atoms with Crippen molar-refractivity contribution in [3.05, 3.63) is 47.2 Å². The first-order chi connectivity index (χ1) is 9.52. The van der Waals surface area contributed by atoms with Crippen molar-refractivity contribution in [3.8, 4) is 5.75 Å². The lowest BCUT2D eigenvalue weighted by Gasteiger charge is -2.25. The van der Waals surface area contributed by atoms with E-state index in [2.05, 4.69) is 6.92 Å². The fourth-order valence-corrected chi connectivity index (χ4v) is 2.65. The number of phenols is 1. The zero-order valence-corrected chi connectivity index (χ0v) is 11.7. The third kappa shape index (κ3) is 2.96. The van der Waals surface area contributed by atoms with Crippen LogP contribution in [0.5, 0.6) is 5.75 Å². The van der Waals surface area contributed by atoms with E-state index in [0.717, 1.165) is 18.4 Å². The second-order valence-electron chi connectivity index (χ2n) is 5.30. The van der Waals surface area contributed by atoms with Gasteiger partial charge in [-0.05, 0) is 36.6 Å². The van der Waals surface area contributed by atoms with Gasteiger partial charge in [0.1, 0.15) is 11.5 Å². The molecule has 0 aliphatic heterocycles. The molecule has 6 N–H and O–H groups in total. The zero-order valence-electron chi connectivity index (χ0n) is 11.7. The molecule has 4 nitrogen and oxygen atoms in total. The van der Waals surface area contributed by atoms with E-state index in [1.54, 1.807) is 12.1 Å². The van der Waals surface area contributed by atoms with Gasteiger partial charge < -0.3 is 21.7 Å². The molecule has 4 heteroatoms. The number of aliphatic hydroxyl groups is 1. The fourth-order valence-electron chi connectivity index (χ4n) is 2.65. The van der Waals surface area contributed by atoms with Crippen LogP contribution in [-0.2, 0) is 0 Å². The van der Waals surface area contributed by atoms with Crippen LogP contribution in [0.4, 0.5) is 5.69 Å². The highest BCUT2D eigenvalue weighted by molar-refractivity contribution is 5.55. The maximum atomic E-state index is 9.60. The van der Waals surface area contributed by atoms with Crippen molar-refractivity contribution >= 4 is 5.69 Å². The summed E-state index contributed by atoms with van der Waals surface area (Å²) in [5, 5.41) is 19.1. The van der Waals surface area contributed by atoms with Crippen LogP contribution in [0.3, 0.4) is 0 Å². The Kier molecular flexibility index (Phi) is 4.35. The van der Waals surface area contributed by atoms with Crippen molar-refractivity contribution in [1.29, 1.82) is 0 Å². The highest BCUT2D eigenvalue weighted by atomic mass is 16.3. The minimum atomic E-state index is -0.330. The number of nitrogens with two attached hydrogens (primary N) is 2. The Morgan fingerprint density at radius 1 is 1.30 bits per heavy atom. The SMILES string of the molecule is CCCC(C1=CC=C(O)C(N)C1)c1ccc(O)c(N)c1. The minimum Gasteiger partial charge on any atom is -0.511 e. The van der Waals surface area contributed by atoms with E-state index >= 15 is 0 Å². The number of allylic oxidation sites excluding steroid dienone is 2. The van der Waals surface area contributed by atoms with Crippen LogP contribution in [0.15, 0.2) is 41.7 Å². The molecule has 1 aliphatic carbocycles. The van der Waals surface area contributed by atoms with Gasteiger partial charge in [0, 0.05) is 5.92 Å². The summed E-state index contributed by atoms with van der Waals surface area (Å²) >= 11 is 0. The Morgan fingerprint density at radius 3 is 2.65 bits per heavy atom. The quantitative estimate of drug-likeness (QED) is 0.501. The molecule has 1 aliphatic rings. The van der Waals surface area contributed by atoms with Crippen LogP contribution in [0.2, 0.25) is 0 Å². The molecule has 0 heterocycles. The van der Waals surface area contributed by atoms with E-state index in [1.165, 1.54) is 5.57 Å². The molecule has 1 aromatic carbocycles. The maximum Gasteiger partial charge on any atom is 0.138 e. The number of aliphatic hydroxyl groups excluding tert-OH is 1. The molecule has 0 saturated heterocycles. The van der Waals surface area contributed by atoms with Gasteiger partial charge in [-0.15, -0.1) is 0 Å². The summed E-state index contributed by atoms with van der Waals surface area (Å²) in [5.74, 6) is 0.559. The van der Waals surface area contributed by atoms with E-state index in [0.29, 0.717) is 12.1 Å². The largest absolute Gasteiger partial charge is 0.511 e. The van der Waals surface area contributed by atoms with Gasteiger partial charge in [-0.25, -0.2) is 0 Å². The van der Waals surface area contributed by atoms with Crippen LogP contribution in [0, 0.1) is 0 Å². The number of nitrogen functional groups attached to an aromatic ring is 1. The number of benzene rings is 1. The summed E-state index contributed by atoms with van der Waals surface area (Å²) < 4.78 is 0. The molecule has 1 aromatic rings. The summed E-state index contributed by atoms with van der Waals surface area (Å²) in [6.07, 6.45) is 6.29. The minimum absolute atomic E-state index is 0.107. The van der Waals surface area contributed by atoms with Gasteiger partial charge in [0.2, 0.25) is 0 Å². The first-order valence-electron chi connectivity index (χ1n) is 6.96. The summed E-state index contributed by atoms with van der Waals surface area (Å²) in [5.41, 5.74) is 14.4. The van der Waals surface area contributed by atoms with Crippen LogP contribution < -0.4 is 11.5 Å². The molecule has 0 amide bonds. The molecule has 0 fully saturated rings. The molecule has 2 atom stereocenters. The molecule has 2 unspecified atom stereocenters. The first kappa shape index (κ1) is 14.5. The standard InChI is InChI=1S/C16H22N2O2/c1-2-3-12(10-4-6-15(19)13(17)8-10)11-5-7-16(20)14(18)9-11/h4-8,12,14,19-20H,2-3,9,17-18H2,1H3. The van der Waals surface area contributed by atoms with Gasteiger partial charge in [-0.2, -0.15) is 0 Å². The Hall–Kier alpha value is -1.94. The third-order valence-corrected chi connectivity index (χ3v) is 3.78. The van der Waals surface area contributed by atoms with Crippen molar-refractivity contribution in [2.75, 3.05) is 5.73 Å². The summed E-state index contributed by atoms with van der Waals surface area (Å²) in [6, 6.07) is 5.02. The molecule has 0 spiro atoms. The molecule has 0 saturated carbocycles. The van der Waals surface area contributed by atoms with Crippen molar-refractivity contribution in [2.24, 2.45) is 5.73 Å². The average Bonchev–Trinajstić information content (AvgIpc) is 2.43. The Labute approximate surface area is 119 Å². The smallest absolute Gasteiger partial charge is 0.138 e. The third-order valence-electron chi connectivity index (χ3n) is 3.78. The lowest BCUT2D eigenvalue weighted by Crippen LogP contribution is -2.26. The lowest BCUT2D eigenvalue weighted by atomic mass is 9.82. The Morgan fingerprint density at radius 2 is 2.05 bits per heavy atom. The van der Waals surface area contributed by atoms with Crippen molar-refractivity contribution < 1.29 is 10.2 Å². The molecule has 20 heavy (non-hydrogen) atoms. The monoisotopic (exact) mass is 274 g/mol. The summed E-state index contributed by atoms with van der Waals surface area (Å²) in [6.45, 7) is 2.13. The van der Waals surface area contributed by atoms with E-state index in [9.17, 15) is 10.2 Å². The van der Waals surface area contributed by atoms with Gasteiger partial charge in [0.05, 0.1) is 11.7 Å². The van der Waals surface area contributed by atoms with Crippen molar-refractivity contribution in [1.82, 2.24) is 0 Å². The number of aromatic hydroxyl groups is 1. The number of hydrogen-bond acceptors (Lipinski definition) is 4. The van der Waals surface area contributed by atoms with Crippen LogP contribution in [0.1, 0.15) is 37.7 Å². The molecule has 0 radical (unpaired) electrons. The van der Waals surface area contributed by atoms with Gasteiger partial charge in [-0.3, -0.25) is 0 Å². The Bertz CT molecular complexity index is 549. The molecular formula is C16H22N2O2. The molecule has 0 aromatic heterocycles. The highest BCUT2D eigenvalue weighted by Gasteiger charge is 2.22. The van der Waals surface area contributed by atoms with Crippen LogP contribution >= 0.6 is 0 Å². The second-order valence-corrected chi connectivity index (χ2v) is 5.30. The fraction of sp³-hybridized carbons (Fsp3) is 0.375. The molecule has 0 bridgehead atoms. The number of rotatable bonds is 4. The maximum absolute atomic E-state index is 9.60. The topological polar surface area (TPSA) is 92.5 Å². The zero-order chi connectivity index (χ0) is 14.7. The van der Waals surface area contributed by atoms with Gasteiger partial charge in [0.15, 0.2) is 0 Å². The molecule has 2 rings (SSSR count). The number of anilines is 1. The lowest BCUT2D eigenvalue weighted by molar-refractivity contribution is 0.359. The predicted octanol–water partition coefficient (Wildman–Crippen LogP) is 2.96.